The van der Waals surface area contributed by atoms with Crippen molar-refractivity contribution < 1.29 is 14.3 Å². The third kappa shape index (κ3) is 3.45. The molecular weight excluding hydrogens is 233 g/mol. The molecule has 0 heterocycles. The maximum Gasteiger partial charge on any atom is 0.338 e. The quantitative estimate of drug-likeness (QED) is 0.811. The van der Waals surface area contributed by atoms with Gasteiger partial charge in [-0.25, -0.2) is 9.18 Å². The molecule has 3 nitrogen and oxygen atoms in total. The molecule has 0 amide bonds. The summed E-state index contributed by atoms with van der Waals surface area (Å²) in [6.07, 6.45) is 2.11. The summed E-state index contributed by atoms with van der Waals surface area (Å²) in [6, 6.07) is 4.36. The molecule has 4 heteroatoms. The van der Waals surface area contributed by atoms with Crippen LogP contribution in [0.5, 0.6) is 0 Å². The highest BCUT2D eigenvalue weighted by Gasteiger charge is 2.15. The summed E-state index contributed by atoms with van der Waals surface area (Å²) in [5.74, 6) is -1.43. The van der Waals surface area contributed by atoms with Gasteiger partial charge in [-0.3, -0.25) is 0 Å². The van der Waals surface area contributed by atoms with E-state index in [4.69, 9.17) is 5.11 Å². The van der Waals surface area contributed by atoms with Gasteiger partial charge >= 0.3 is 5.97 Å². The van der Waals surface area contributed by atoms with Crippen LogP contribution in [0, 0.1) is 11.7 Å². The molecule has 1 aromatic rings. The Morgan fingerprint density at radius 3 is 2.44 bits per heavy atom. The molecule has 0 bridgehead atoms. The number of hydrogen-bond acceptors (Lipinski definition) is 2. The van der Waals surface area contributed by atoms with Crippen LogP contribution < -0.4 is 5.32 Å². The Balaban J connectivity index is 2.80. The minimum Gasteiger partial charge on any atom is -0.478 e. The number of carboxylic acid groups (broad SMARTS) is 1. The molecule has 0 saturated carbocycles. The highest BCUT2D eigenvalue weighted by atomic mass is 19.1. The fraction of sp³-hybridized carbons (Fsp3) is 0.500. The second-order valence-electron chi connectivity index (χ2n) is 4.51. The summed E-state index contributed by atoms with van der Waals surface area (Å²) in [6.45, 7) is 6.31. The normalized spacial score (nSPS) is 12.5. The molecule has 0 saturated heterocycles. The van der Waals surface area contributed by atoms with E-state index in [0.29, 0.717) is 11.6 Å². The molecule has 0 aliphatic carbocycles. The molecular formula is C14H20FNO2. The Labute approximate surface area is 107 Å². The molecule has 1 aromatic carbocycles. The van der Waals surface area contributed by atoms with Crippen LogP contribution >= 0.6 is 0 Å². The molecule has 18 heavy (non-hydrogen) atoms. The van der Waals surface area contributed by atoms with Gasteiger partial charge in [0.15, 0.2) is 0 Å². The first-order valence-electron chi connectivity index (χ1n) is 6.28. The summed E-state index contributed by atoms with van der Waals surface area (Å²) >= 11 is 0. The number of hydrogen-bond donors (Lipinski definition) is 2. The maximum absolute atomic E-state index is 13.5. The van der Waals surface area contributed by atoms with E-state index in [1.165, 1.54) is 12.1 Å². The maximum atomic E-state index is 13.5. The standard InChI is InChI=1S/C14H20FNO2/c1-4-10(5-2)9(3)16-11-6-7-12(14(17)18)13(15)8-11/h6-10,16H,4-5H2,1-3H3,(H,17,18). The number of carboxylic acids is 1. The van der Waals surface area contributed by atoms with Crippen molar-refractivity contribution in [3.63, 3.8) is 0 Å². The lowest BCUT2D eigenvalue weighted by atomic mass is 9.95. The van der Waals surface area contributed by atoms with Gasteiger partial charge < -0.3 is 10.4 Å². The van der Waals surface area contributed by atoms with Crippen molar-refractivity contribution in [1.29, 1.82) is 0 Å². The van der Waals surface area contributed by atoms with Gasteiger partial charge in [0.2, 0.25) is 0 Å². The number of carbonyl (C=O) groups is 1. The van der Waals surface area contributed by atoms with Crippen LogP contribution in [0.4, 0.5) is 10.1 Å². The first kappa shape index (κ1) is 14.5. The van der Waals surface area contributed by atoms with Crippen molar-refractivity contribution >= 4 is 11.7 Å². The number of benzene rings is 1. The fourth-order valence-corrected chi connectivity index (χ4v) is 2.15. The van der Waals surface area contributed by atoms with Crippen LogP contribution in [0.3, 0.4) is 0 Å². The SMILES string of the molecule is CCC(CC)C(C)Nc1ccc(C(=O)O)c(F)c1. The number of aromatic carboxylic acids is 1. The lowest BCUT2D eigenvalue weighted by molar-refractivity contribution is 0.0692. The van der Waals surface area contributed by atoms with E-state index in [9.17, 15) is 9.18 Å². The predicted octanol–water partition coefficient (Wildman–Crippen LogP) is 3.76. The van der Waals surface area contributed by atoms with Gasteiger partial charge in [0.05, 0.1) is 5.56 Å². The Kier molecular flexibility index (Phi) is 5.13. The van der Waals surface area contributed by atoms with Gasteiger partial charge in [-0.15, -0.1) is 0 Å². The second kappa shape index (κ2) is 6.38. The summed E-state index contributed by atoms with van der Waals surface area (Å²) < 4.78 is 13.5. The molecule has 0 fully saturated rings. The van der Waals surface area contributed by atoms with Gasteiger partial charge in [0.1, 0.15) is 5.82 Å². The monoisotopic (exact) mass is 253 g/mol. The summed E-state index contributed by atoms with van der Waals surface area (Å²) in [4.78, 5) is 10.7. The zero-order chi connectivity index (χ0) is 13.7. The zero-order valence-corrected chi connectivity index (χ0v) is 11.0. The molecule has 1 atom stereocenters. The molecule has 0 radical (unpaired) electrons. The lowest BCUT2D eigenvalue weighted by Gasteiger charge is -2.23. The Morgan fingerprint density at radius 2 is 2.00 bits per heavy atom. The third-order valence-electron chi connectivity index (χ3n) is 3.35. The van der Waals surface area contributed by atoms with Crippen LogP contribution in [0.1, 0.15) is 44.0 Å². The molecule has 100 valence electrons. The molecule has 0 aliphatic rings. The second-order valence-corrected chi connectivity index (χ2v) is 4.51. The van der Waals surface area contributed by atoms with E-state index in [2.05, 4.69) is 26.1 Å². The van der Waals surface area contributed by atoms with E-state index in [-0.39, 0.29) is 11.6 Å². The molecule has 0 aromatic heterocycles. The van der Waals surface area contributed by atoms with E-state index in [0.717, 1.165) is 12.8 Å². The van der Waals surface area contributed by atoms with Crippen LogP contribution in [-0.2, 0) is 0 Å². The number of halogens is 1. The predicted molar refractivity (Wildman–Crippen MR) is 70.5 cm³/mol. The summed E-state index contributed by atoms with van der Waals surface area (Å²) in [5, 5.41) is 12.0. The fourth-order valence-electron chi connectivity index (χ4n) is 2.15. The van der Waals surface area contributed by atoms with Crippen LogP contribution in [0.15, 0.2) is 18.2 Å². The molecule has 0 aliphatic heterocycles. The van der Waals surface area contributed by atoms with Gasteiger partial charge in [-0.1, -0.05) is 26.7 Å². The highest BCUT2D eigenvalue weighted by Crippen LogP contribution is 2.20. The third-order valence-corrected chi connectivity index (χ3v) is 3.35. The molecule has 2 N–H and O–H groups in total. The van der Waals surface area contributed by atoms with Crippen molar-refractivity contribution in [3.05, 3.63) is 29.6 Å². The van der Waals surface area contributed by atoms with Crippen molar-refractivity contribution in [2.45, 2.75) is 39.7 Å². The average molecular weight is 253 g/mol. The van der Waals surface area contributed by atoms with Crippen molar-refractivity contribution in [3.8, 4) is 0 Å². The van der Waals surface area contributed by atoms with Gasteiger partial charge in [-0.2, -0.15) is 0 Å². The number of anilines is 1. The van der Waals surface area contributed by atoms with Crippen LogP contribution in [0.2, 0.25) is 0 Å². The minimum atomic E-state index is -1.24. The zero-order valence-electron chi connectivity index (χ0n) is 11.0. The first-order valence-corrected chi connectivity index (χ1v) is 6.28. The van der Waals surface area contributed by atoms with E-state index >= 15 is 0 Å². The van der Waals surface area contributed by atoms with E-state index < -0.39 is 11.8 Å². The van der Waals surface area contributed by atoms with Crippen molar-refractivity contribution in [2.75, 3.05) is 5.32 Å². The largest absolute Gasteiger partial charge is 0.478 e. The van der Waals surface area contributed by atoms with E-state index in [1.54, 1.807) is 6.07 Å². The van der Waals surface area contributed by atoms with Crippen LogP contribution in [-0.4, -0.2) is 17.1 Å². The first-order chi connectivity index (χ1) is 8.49. The number of nitrogens with one attached hydrogen (secondary N) is 1. The Hall–Kier alpha value is -1.58. The van der Waals surface area contributed by atoms with E-state index in [1.807, 2.05) is 0 Å². The molecule has 0 spiro atoms. The van der Waals surface area contributed by atoms with Crippen molar-refractivity contribution in [2.24, 2.45) is 5.92 Å². The highest BCUT2D eigenvalue weighted by molar-refractivity contribution is 5.88. The van der Waals surface area contributed by atoms with Gasteiger partial charge in [-0.05, 0) is 31.0 Å². The van der Waals surface area contributed by atoms with Crippen LogP contribution in [0.25, 0.3) is 0 Å². The smallest absolute Gasteiger partial charge is 0.338 e. The lowest BCUT2D eigenvalue weighted by Crippen LogP contribution is -2.25. The molecule has 1 rings (SSSR count). The summed E-state index contributed by atoms with van der Waals surface area (Å²) in [5.41, 5.74) is 0.327. The average Bonchev–Trinajstić information content (AvgIpc) is 2.30. The summed E-state index contributed by atoms with van der Waals surface area (Å²) in [7, 11) is 0. The molecule has 1 unspecified atom stereocenters. The minimum absolute atomic E-state index is 0.232. The van der Waals surface area contributed by atoms with Crippen molar-refractivity contribution in [1.82, 2.24) is 0 Å². The van der Waals surface area contributed by atoms with Gasteiger partial charge in [0, 0.05) is 11.7 Å². The van der Waals surface area contributed by atoms with Gasteiger partial charge in [0.25, 0.3) is 0 Å². The Morgan fingerprint density at radius 1 is 1.39 bits per heavy atom. The Bertz CT molecular complexity index is 416. The topological polar surface area (TPSA) is 49.3 Å². The number of rotatable bonds is 6.